The minimum Gasteiger partial charge on any atom is -0.490 e. The Morgan fingerprint density at radius 2 is 2.10 bits per heavy atom. The lowest BCUT2D eigenvalue weighted by atomic mass is 10.0. The highest BCUT2D eigenvalue weighted by Crippen LogP contribution is 2.38. The molecule has 1 atom stereocenters. The van der Waals surface area contributed by atoms with E-state index in [4.69, 9.17) is 14.2 Å². The van der Waals surface area contributed by atoms with Crippen LogP contribution >= 0.6 is 11.3 Å². The maximum Gasteiger partial charge on any atom is 0.312 e. The molecule has 1 saturated heterocycles. The Kier molecular flexibility index (Phi) is 6.35. The number of hydrogen-bond donors (Lipinski definition) is 0. The van der Waals surface area contributed by atoms with Crippen molar-refractivity contribution in [1.29, 1.82) is 0 Å². The molecule has 1 unspecified atom stereocenters. The predicted octanol–water partition coefficient (Wildman–Crippen LogP) is 4.14. The smallest absolute Gasteiger partial charge is 0.312 e. The van der Waals surface area contributed by atoms with Gasteiger partial charge in [0.15, 0.2) is 11.5 Å². The first kappa shape index (κ1) is 20.2. The van der Waals surface area contributed by atoms with Gasteiger partial charge in [-0.15, -0.1) is 11.3 Å². The number of aromatic nitrogens is 1. The van der Waals surface area contributed by atoms with Crippen LogP contribution < -0.4 is 9.47 Å². The van der Waals surface area contributed by atoms with Crippen LogP contribution in [0.4, 0.5) is 0 Å². The zero-order valence-corrected chi connectivity index (χ0v) is 17.9. The first-order valence-electron chi connectivity index (χ1n) is 10.3. The van der Waals surface area contributed by atoms with Gasteiger partial charge in [-0.05, 0) is 50.9 Å². The number of rotatable bonds is 6. The molecule has 1 aromatic heterocycles. The lowest BCUT2D eigenvalue weighted by molar-refractivity contribution is -0.146. The van der Waals surface area contributed by atoms with Crippen molar-refractivity contribution in [3.63, 3.8) is 0 Å². The summed E-state index contributed by atoms with van der Waals surface area (Å²) >= 11 is 1.53. The largest absolute Gasteiger partial charge is 0.490 e. The van der Waals surface area contributed by atoms with Crippen molar-refractivity contribution in [2.75, 3.05) is 19.8 Å². The summed E-state index contributed by atoms with van der Waals surface area (Å²) in [6.45, 7) is 6.96. The van der Waals surface area contributed by atoms with Crippen LogP contribution in [0.5, 0.6) is 11.5 Å². The second kappa shape index (κ2) is 9.13. The fourth-order valence-electron chi connectivity index (χ4n) is 3.92. The summed E-state index contributed by atoms with van der Waals surface area (Å²) in [5.74, 6) is 1.48. The zero-order chi connectivity index (χ0) is 20.2. The number of fused-ring (bicyclic) bond motifs is 1. The highest BCUT2D eigenvalue weighted by Gasteiger charge is 2.28. The number of thiazole rings is 1. The van der Waals surface area contributed by atoms with Gasteiger partial charge in [0, 0.05) is 24.4 Å². The van der Waals surface area contributed by atoms with Crippen molar-refractivity contribution in [2.45, 2.75) is 58.2 Å². The molecule has 6 nitrogen and oxygen atoms in total. The molecule has 0 radical (unpaired) electrons. The SMILES string of the molecule is CC(C)OC(=O)Cc1nc(CN2CCCC2c2ccc3c(c2)OCCCO3)cs1. The molecule has 2 aliphatic heterocycles. The van der Waals surface area contributed by atoms with E-state index in [1.165, 1.54) is 16.9 Å². The van der Waals surface area contributed by atoms with E-state index in [0.29, 0.717) is 19.3 Å². The maximum atomic E-state index is 11.9. The average molecular weight is 417 g/mol. The van der Waals surface area contributed by atoms with Gasteiger partial charge in [0.2, 0.25) is 0 Å². The molecule has 3 heterocycles. The quantitative estimate of drug-likeness (QED) is 0.660. The van der Waals surface area contributed by atoms with Gasteiger partial charge in [-0.25, -0.2) is 4.98 Å². The third kappa shape index (κ3) is 5.08. The number of ether oxygens (including phenoxy) is 3. The summed E-state index contributed by atoms with van der Waals surface area (Å²) in [5.41, 5.74) is 2.28. The van der Waals surface area contributed by atoms with Crippen molar-refractivity contribution in [2.24, 2.45) is 0 Å². The number of benzene rings is 1. The molecule has 1 aromatic carbocycles. The van der Waals surface area contributed by atoms with Crippen LogP contribution in [0.25, 0.3) is 0 Å². The molecular weight excluding hydrogens is 388 g/mol. The van der Waals surface area contributed by atoms with Gasteiger partial charge < -0.3 is 14.2 Å². The summed E-state index contributed by atoms with van der Waals surface area (Å²) in [4.78, 5) is 19.0. The van der Waals surface area contributed by atoms with Crippen LogP contribution in [0, 0.1) is 0 Å². The molecule has 1 fully saturated rings. The highest BCUT2D eigenvalue weighted by molar-refractivity contribution is 7.09. The van der Waals surface area contributed by atoms with Crippen molar-refractivity contribution >= 4 is 17.3 Å². The second-order valence-corrected chi connectivity index (χ2v) is 8.78. The molecule has 2 aromatic rings. The summed E-state index contributed by atoms with van der Waals surface area (Å²) in [5, 5.41) is 2.87. The molecule has 7 heteroatoms. The van der Waals surface area contributed by atoms with Gasteiger partial charge in [-0.1, -0.05) is 6.07 Å². The monoisotopic (exact) mass is 416 g/mol. The van der Waals surface area contributed by atoms with Gasteiger partial charge in [-0.2, -0.15) is 0 Å². The first-order chi connectivity index (χ1) is 14.1. The third-order valence-electron chi connectivity index (χ3n) is 5.15. The van der Waals surface area contributed by atoms with E-state index >= 15 is 0 Å². The Bertz CT molecular complexity index is 851. The van der Waals surface area contributed by atoms with Crippen LogP contribution in [0.1, 0.15) is 55.4 Å². The number of carbonyl (C=O) groups is 1. The van der Waals surface area contributed by atoms with E-state index in [1.807, 2.05) is 19.9 Å². The lowest BCUT2D eigenvalue weighted by Gasteiger charge is -2.24. The highest BCUT2D eigenvalue weighted by atomic mass is 32.1. The predicted molar refractivity (Wildman–Crippen MR) is 111 cm³/mol. The molecule has 0 N–H and O–H groups in total. The van der Waals surface area contributed by atoms with Crippen LogP contribution in [-0.4, -0.2) is 41.7 Å². The van der Waals surface area contributed by atoms with E-state index in [1.54, 1.807) is 0 Å². The van der Waals surface area contributed by atoms with Crippen molar-refractivity contribution in [3.05, 3.63) is 39.8 Å². The Balaban J connectivity index is 1.42. The Morgan fingerprint density at radius 1 is 1.28 bits per heavy atom. The van der Waals surface area contributed by atoms with E-state index in [0.717, 1.165) is 54.6 Å². The second-order valence-electron chi connectivity index (χ2n) is 7.83. The van der Waals surface area contributed by atoms with E-state index < -0.39 is 0 Å². The lowest BCUT2D eigenvalue weighted by Crippen LogP contribution is -2.23. The van der Waals surface area contributed by atoms with Crippen molar-refractivity contribution in [1.82, 2.24) is 9.88 Å². The minimum atomic E-state index is -0.216. The van der Waals surface area contributed by atoms with Crippen LogP contribution in [0.15, 0.2) is 23.6 Å². The van der Waals surface area contributed by atoms with Gasteiger partial charge in [0.25, 0.3) is 0 Å². The summed E-state index contributed by atoms with van der Waals surface area (Å²) in [6.07, 6.45) is 3.35. The van der Waals surface area contributed by atoms with Crippen LogP contribution in [-0.2, 0) is 22.5 Å². The maximum absolute atomic E-state index is 11.9. The van der Waals surface area contributed by atoms with Gasteiger partial charge in [-0.3, -0.25) is 9.69 Å². The molecule has 0 saturated carbocycles. The summed E-state index contributed by atoms with van der Waals surface area (Å²) < 4.78 is 16.9. The number of esters is 1. The average Bonchev–Trinajstić information content (AvgIpc) is 3.24. The number of hydrogen-bond acceptors (Lipinski definition) is 7. The molecule has 0 bridgehead atoms. The van der Waals surface area contributed by atoms with Crippen LogP contribution in [0.2, 0.25) is 0 Å². The van der Waals surface area contributed by atoms with Crippen molar-refractivity contribution in [3.8, 4) is 11.5 Å². The number of likely N-dealkylation sites (tertiary alicyclic amines) is 1. The Morgan fingerprint density at radius 3 is 2.93 bits per heavy atom. The standard InChI is InChI=1S/C22H28N2O4S/c1-15(2)28-22(25)12-21-23-17(14-29-21)13-24-8-3-5-18(24)16-6-7-19-20(11-16)27-10-4-9-26-19/h6-7,11,14-15,18H,3-5,8-10,12-13H2,1-2H3. The van der Waals surface area contributed by atoms with E-state index in [9.17, 15) is 4.79 Å². The van der Waals surface area contributed by atoms with Gasteiger partial charge in [0.1, 0.15) is 5.01 Å². The zero-order valence-electron chi connectivity index (χ0n) is 17.1. The normalized spacial score (nSPS) is 19.3. The third-order valence-corrected chi connectivity index (χ3v) is 6.04. The van der Waals surface area contributed by atoms with E-state index in [2.05, 4.69) is 27.4 Å². The Hall–Kier alpha value is -2.12. The number of nitrogens with zero attached hydrogens (tertiary/aromatic N) is 2. The van der Waals surface area contributed by atoms with Crippen LogP contribution in [0.3, 0.4) is 0 Å². The summed E-state index contributed by atoms with van der Waals surface area (Å²) in [7, 11) is 0. The topological polar surface area (TPSA) is 60.9 Å². The summed E-state index contributed by atoms with van der Waals surface area (Å²) in [6, 6.07) is 6.68. The first-order valence-corrected chi connectivity index (χ1v) is 11.2. The molecule has 29 heavy (non-hydrogen) atoms. The van der Waals surface area contributed by atoms with E-state index in [-0.39, 0.29) is 18.5 Å². The molecule has 2 aliphatic rings. The molecule has 0 spiro atoms. The molecule has 0 aliphatic carbocycles. The molecule has 4 rings (SSSR count). The Labute approximate surface area is 175 Å². The minimum absolute atomic E-state index is 0.0948. The molecule has 156 valence electrons. The van der Waals surface area contributed by atoms with Gasteiger partial charge >= 0.3 is 5.97 Å². The van der Waals surface area contributed by atoms with Crippen molar-refractivity contribution < 1.29 is 19.0 Å². The molecular formula is C22H28N2O4S. The fourth-order valence-corrected chi connectivity index (χ4v) is 4.69. The fraction of sp³-hybridized carbons (Fsp3) is 0.545. The number of carbonyl (C=O) groups excluding carboxylic acids is 1. The van der Waals surface area contributed by atoms with Gasteiger partial charge in [0.05, 0.1) is 31.4 Å². The molecule has 0 amide bonds.